The third-order valence-electron chi connectivity index (χ3n) is 2.86. The second kappa shape index (κ2) is 5.15. The molecule has 0 heterocycles. The molecule has 0 N–H and O–H groups in total. The zero-order chi connectivity index (χ0) is 12.4. The second-order valence-corrected chi connectivity index (χ2v) is 4.55. The van der Waals surface area contributed by atoms with Gasteiger partial charge in [0.15, 0.2) is 0 Å². The number of ether oxygens (including phenoxy) is 1. The summed E-state index contributed by atoms with van der Waals surface area (Å²) in [6.45, 7) is 2.55. The summed E-state index contributed by atoms with van der Waals surface area (Å²) >= 11 is 11.1. The SMILES string of the molecule is CCOc1ccc(C2C(Cl)C2C(=O)OCl)cc1. The van der Waals surface area contributed by atoms with Crippen molar-refractivity contribution in [3.63, 3.8) is 0 Å². The maximum Gasteiger partial charge on any atom is 0.329 e. The van der Waals surface area contributed by atoms with E-state index in [0.29, 0.717) is 6.61 Å². The number of carbonyl (C=O) groups excluding carboxylic acids is 1. The first kappa shape index (κ1) is 12.5. The average molecular weight is 275 g/mol. The quantitative estimate of drug-likeness (QED) is 0.792. The fraction of sp³-hybridized carbons (Fsp3) is 0.417. The highest BCUT2D eigenvalue weighted by molar-refractivity contribution is 6.26. The van der Waals surface area contributed by atoms with Crippen LogP contribution >= 0.6 is 23.5 Å². The van der Waals surface area contributed by atoms with E-state index in [0.717, 1.165) is 11.3 Å². The van der Waals surface area contributed by atoms with E-state index in [9.17, 15) is 4.79 Å². The molecule has 1 aliphatic rings. The summed E-state index contributed by atoms with van der Waals surface area (Å²) in [4.78, 5) is 11.3. The Bertz CT molecular complexity index is 405. The predicted octanol–water partition coefficient (Wildman–Crippen LogP) is 3.10. The van der Waals surface area contributed by atoms with E-state index in [-0.39, 0.29) is 17.2 Å². The number of carbonyl (C=O) groups is 1. The van der Waals surface area contributed by atoms with Crippen LogP contribution in [0.25, 0.3) is 0 Å². The zero-order valence-electron chi connectivity index (χ0n) is 9.23. The van der Waals surface area contributed by atoms with Gasteiger partial charge in [0.2, 0.25) is 0 Å². The van der Waals surface area contributed by atoms with E-state index in [1.54, 1.807) is 0 Å². The lowest BCUT2D eigenvalue weighted by Gasteiger charge is -2.04. The van der Waals surface area contributed by atoms with Crippen LogP contribution in [-0.2, 0) is 9.08 Å². The Hall–Kier alpha value is -0.930. The van der Waals surface area contributed by atoms with E-state index in [1.165, 1.54) is 0 Å². The van der Waals surface area contributed by atoms with Crippen molar-refractivity contribution in [2.45, 2.75) is 18.2 Å². The van der Waals surface area contributed by atoms with Gasteiger partial charge in [-0.2, -0.15) is 0 Å². The molecule has 1 fully saturated rings. The Kier molecular flexibility index (Phi) is 3.79. The third-order valence-corrected chi connectivity index (χ3v) is 3.55. The molecule has 1 saturated carbocycles. The van der Waals surface area contributed by atoms with Gasteiger partial charge in [-0.05, 0) is 24.6 Å². The van der Waals surface area contributed by atoms with Gasteiger partial charge in [-0.1, -0.05) is 12.1 Å². The highest BCUT2D eigenvalue weighted by Gasteiger charge is 2.55. The molecule has 3 nitrogen and oxygen atoms in total. The minimum atomic E-state index is -0.467. The number of rotatable bonds is 4. The molecule has 0 amide bonds. The Labute approximate surface area is 110 Å². The van der Waals surface area contributed by atoms with E-state index in [4.69, 9.17) is 28.2 Å². The molecule has 2 rings (SSSR count). The van der Waals surface area contributed by atoms with Crippen molar-refractivity contribution in [2.75, 3.05) is 6.61 Å². The largest absolute Gasteiger partial charge is 0.494 e. The maximum atomic E-state index is 11.3. The van der Waals surface area contributed by atoms with Gasteiger partial charge in [0.1, 0.15) is 17.6 Å². The first-order valence-corrected chi connectivity index (χ1v) is 6.12. The van der Waals surface area contributed by atoms with Crippen molar-refractivity contribution in [1.82, 2.24) is 0 Å². The second-order valence-electron chi connectivity index (χ2n) is 3.89. The molecule has 0 aliphatic heterocycles. The van der Waals surface area contributed by atoms with Crippen LogP contribution in [0.15, 0.2) is 24.3 Å². The monoisotopic (exact) mass is 274 g/mol. The molecule has 1 aromatic carbocycles. The lowest BCUT2D eigenvalue weighted by atomic mass is 10.1. The van der Waals surface area contributed by atoms with Crippen molar-refractivity contribution in [2.24, 2.45) is 5.92 Å². The summed E-state index contributed by atoms with van der Waals surface area (Å²) in [7, 11) is 0. The number of halogens is 2. The van der Waals surface area contributed by atoms with E-state index >= 15 is 0 Å². The summed E-state index contributed by atoms with van der Waals surface area (Å²) in [5, 5.41) is -0.237. The average Bonchev–Trinajstić information content (AvgIpc) is 3.01. The third kappa shape index (κ3) is 2.50. The van der Waals surface area contributed by atoms with Crippen LogP contribution in [-0.4, -0.2) is 18.0 Å². The first-order valence-electron chi connectivity index (χ1n) is 5.38. The molecular formula is C12H12Cl2O3. The van der Waals surface area contributed by atoms with Crippen LogP contribution in [0.3, 0.4) is 0 Å². The Morgan fingerprint density at radius 1 is 1.35 bits per heavy atom. The van der Waals surface area contributed by atoms with Crippen molar-refractivity contribution < 1.29 is 13.8 Å². The molecule has 3 unspecified atom stereocenters. The smallest absolute Gasteiger partial charge is 0.329 e. The van der Waals surface area contributed by atoms with Crippen LogP contribution in [0.2, 0.25) is 0 Å². The van der Waals surface area contributed by atoms with Crippen molar-refractivity contribution in [3.05, 3.63) is 29.8 Å². The van der Waals surface area contributed by atoms with Crippen molar-refractivity contribution in [3.8, 4) is 5.75 Å². The number of alkyl halides is 1. The normalized spacial score (nSPS) is 26.4. The molecular weight excluding hydrogens is 263 g/mol. The maximum absolute atomic E-state index is 11.3. The molecule has 17 heavy (non-hydrogen) atoms. The highest BCUT2D eigenvalue weighted by Crippen LogP contribution is 2.52. The van der Waals surface area contributed by atoms with Crippen molar-refractivity contribution in [1.29, 1.82) is 0 Å². The van der Waals surface area contributed by atoms with Gasteiger partial charge in [-0.25, -0.2) is 0 Å². The van der Waals surface area contributed by atoms with Gasteiger partial charge in [-0.3, -0.25) is 4.79 Å². The zero-order valence-corrected chi connectivity index (χ0v) is 10.7. The molecule has 0 saturated heterocycles. The number of hydrogen-bond donors (Lipinski definition) is 0. The molecule has 92 valence electrons. The van der Waals surface area contributed by atoms with Crippen LogP contribution in [0.5, 0.6) is 5.75 Å². The Morgan fingerprint density at radius 2 is 2.00 bits per heavy atom. The molecule has 0 radical (unpaired) electrons. The standard InChI is InChI=1S/C12H12Cl2O3/c1-2-16-8-5-3-7(4-6-8)9-10(11(9)13)12(15)17-14/h3-6,9-11H,2H2,1H3. The topological polar surface area (TPSA) is 35.5 Å². The van der Waals surface area contributed by atoms with Gasteiger partial charge in [0.05, 0.1) is 17.9 Å². The lowest BCUT2D eigenvalue weighted by molar-refractivity contribution is -0.135. The van der Waals surface area contributed by atoms with Gasteiger partial charge < -0.3 is 9.03 Å². The molecule has 5 heteroatoms. The van der Waals surface area contributed by atoms with Gasteiger partial charge in [0.25, 0.3) is 0 Å². The van der Waals surface area contributed by atoms with Gasteiger partial charge >= 0.3 is 5.97 Å². The van der Waals surface area contributed by atoms with E-state index in [1.807, 2.05) is 31.2 Å². The fourth-order valence-corrected chi connectivity index (χ4v) is 2.53. The Morgan fingerprint density at radius 3 is 2.53 bits per heavy atom. The van der Waals surface area contributed by atoms with Crippen LogP contribution in [0, 0.1) is 5.92 Å². The van der Waals surface area contributed by atoms with Crippen molar-refractivity contribution >= 4 is 29.4 Å². The molecule has 1 aromatic rings. The summed E-state index contributed by atoms with van der Waals surface area (Å²) in [6, 6.07) is 7.55. The number of benzene rings is 1. The minimum absolute atomic E-state index is 0.0152. The van der Waals surface area contributed by atoms with Crippen LogP contribution in [0.1, 0.15) is 18.4 Å². The highest BCUT2D eigenvalue weighted by atomic mass is 35.5. The molecule has 1 aliphatic carbocycles. The first-order chi connectivity index (χ1) is 8.19. The van der Waals surface area contributed by atoms with Crippen LogP contribution in [0.4, 0.5) is 0 Å². The summed E-state index contributed by atoms with van der Waals surface area (Å²) in [5.74, 6) is -0.0178. The van der Waals surface area contributed by atoms with Gasteiger partial charge in [0, 0.05) is 5.92 Å². The van der Waals surface area contributed by atoms with Gasteiger partial charge in [-0.15, -0.1) is 11.6 Å². The van der Waals surface area contributed by atoms with E-state index in [2.05, 4.69) is 4.29 Å². The number of hydrogen-bond acceptors (Lipinski definition) is 3. The summed E-state index contributed by atoms with van der Waals surface area (Å²) in [5.41, 5.74) is 1.00. The van der Waals surface area contributed by atoms with Crippen LogP contribution < -0.4 is 4.74 Å². The Balaban J connectivity index is 2.07. The molecule has 3 atom stereocenters. The fourth-order valence-electron chi connectivity index (χ4n) is 1.95. The molecule has 0 spiro atoms. The summed E-state index contributed by atoms with van der Waals surface area (Å²) in [6.07, 6.45) is 0. The summed E-state index contributed by atoms with van der Waals surface area (Å²) < 4.78 is 9.52. The lowest BCUT2D eigenvalue weighted by Crippen LogP contribution is -2.02. The van der Waals surface area contributed by atoms with E-state index < -0.39 is 5.97 Å². The molecule has 0 bridgehead atoms. The minimum Gasteiger partial charge on any atom is -0.494 e. The molecule has 0 aromatic heterocycles. The predicted molar refractivity (Wildman–Crippen MR) is 65.4 cm³/mol.